The molecule has 2 atom stereocenters. The smallest absolute Gasteiger partial charge is 0.354 e. The second kappa shape index (κ2) is 6.52. The number of benzene rings is 1. The van der Waals surface area contributed by atoms with Crippen LogP contribution in [0, 0.1) is 0 Å². The number of rotatable bonds is 7. The van der Waals surface area contributed by atoms with Crippen molar-refractivity contribution in [1.82, 2.24) is 0 Å². The molecule has 6 nitrogen and oxygen atoms in total. The first-order chi connectivity index (χ1) is 9.23. The summed E-state index contributed by atoms with van der Waals surface area (Å²) in [5, 5.41) is -1.98. The molecule has 0 spiro atoms. The van der Waals surface area contributed by atoms with Gasteiger partial charge in [0.2, 0.25) is 5.08 Å². The molecule has 0 saturated carbocycles. The van der Waals surface area contributed by atoms with Crippen LogP contribution in [-0.4, -0.2) is 28.1 Å². The fraction of sp³-hybridized carbons (Fsp3) is 0.500. The summed E-state index contributed by atoms with van der Waals surface area (Å²) in [4.78, 5) is 19.3. The zero-order valence-corrected chi connectivity index (χ0v) is 13.5. The van der Waals surface area contributed by atoms with Crippen molar-refractivity contribution in [3.63, 3.8) is 0 Å². The third-order valence-electron chi connectivity index (χ3n) is 2.91. The predicted molar refractivity (Wildman–Crippen MR) is 77.4 cm³/mol. The lowest BCUT2D eigenvalue weighted by atomic mass is 10.4. The topological polar surface area (TPSA) is 93.1 Å². The van der Waals surface area contributed by atoms with E-state index in [4.69, 9.17) is 9.26 Å². The van der Waals surface area contributed by atoms with E-state index in [1.165, 1.54) is 12.1 Å². The Morgan fingerprint density at radius 3 is 2.05 bits per heavy atom. The van der Waals surface area contributed by atoms with Gasteiger partial charge in [-0.05, 0) is 32.9 Å². The molecule has 1 rings (SSSR count). The minimum absolute atomic E-state index is 0.00546. The van der Waals surface area contributed by atoms with Crippen LogP contribution in [0.2, 0.25) is 0 Å². The van der Waals surface area contributed by atoms with Crippen LogP contribution >= 0.6 is 15.0 Å². The summed E-state index contributed by atoms with van der Waals surface area (Å²) in [6.07, 6.45) is 0. The molecular weight excluding hydrogens is 302 g/mol. The molecule has 0 radical (unpaired) electrons. The molecule has 0 aliphatic heterocycles. The average Bonchev–Trinajstić information content (AvgIpc) is 2.38. The van der Waals surface area contributed by atoms with Crippen LogP contribution in [-0.2, 0) is 18.4 Å². The van der Waals surface area contributed by atoms with Crippen LogP contribution in [0.25, 0.3) is 0 Å². The SMILES string of the molecule is CCOC(C)(P(=O)(O)O)P(=O)(OCC)c1ccccc1. The van der Waals surface area contributed by atoms with Crippen molar-refractivity contribution < 1.29 is 28.2 Å². The Kier molecular flexibility index (Phi) is 5.73. The van der Waals surface area contributed by atoms with Gasteiger partial charge in [0.25, 0.3) is 7.37 Å². The Morgan fingerprint density at radius 1 is 1.10 bits per heavy atom. The first kappa shape index (κ1) is 17.6. The van der Waals surface area contributed by atoms with Crippen molar-refractivity contribution in [3.8, 4) is 0 Å². The number of hydrogen-bond donors (Lipinski definition) is 2. The number of hydrogen-bond acceptors (Lipinski definition) is 4. The van der Waals surface area contributed by atoms with E-state index in [2.05, 4.69) is 0 Å². The molecule has 0 aliphatic rings. The van der Waals surface area contributed by atoms with Crippen LogP contribution in [0.5, 0.6) is 0 Å². The van der Waals surface area contributed by atoms with Crippen molar-refractivity contribution in [2.45, 2.75) is 25.9 Å². The average molecular weight is 322 g/mol. The van der Waals surface area contributed by atoms with Crippen molar-refractivity contribution in [1.29, 1.82) is 0 Å². The van der Waals surface area contributed by atoms with Gasteiger partial charge in [0.05, 0.1) is 6.61 Å². The predicted octanol–water partition coefficient (Wildman–Crippen LogP) is 2.51. The van der Waals surface area contributed by atoms with E-state index < -0.39 is 20.0 Å². The Morgan fingerprint density at radius 2 is 1.65 bits per heavy atom. The molecule has 0 fully saturated rings. The lowest BCUT2D eigenvalue weighted by molar-refractivity contribution is 0.0648. The molecule has 2 unspecified atom stereocenters. The van der Waals surface area contributed by atoms with Crippen LogP contribution in [0.4, 0.5) is 0 Å². The Balaban J connectivity index is 3.51. The fourth-order valence-corrected chi connectivity index (χ4v) is 6.14. The van der Waals surface area contributed by atoms with E-state index >= 15 is 0 Å². The van der Waals surface area contributed by atoms with Crippen molar-refractivity contribution >= 4 is 20.3 Å². The van der Waals surface area contributed by atoms with Gasteiger partial charge in [-0.2, -0.15) is 0 Å². The largest absolute Gasteiger partial charge is 0.367 e. The molecule has 0 aliphatic carbocycles. The summed E-state index contributed by atoms with van der Waals surface area (Å²) in [6.45, 7) is 4.39. The lowest BCUT2D eigenvalue weighted by Gasteiger charge is -2.36. The van der Waals surface area contributed by atoms with Crippen LogP contribution < -0.4 is 5.30 Å². The fourth-order valence-electron chi connectivity index (χ4n) is 1.85. The van der Waals surface area contributed by atoms with Gasteiger partial charge >= 0.3 is 7.60 Å². The van der Waals surface area contributed by atoms with Crippen molar-refractivity contribution in [3.05, 3.63) is 30.3 Å². The van der Waals surface area contributed by atoms with Crippen LogP contribution in [0.3, 0.4) is 0 Å². The molecule has 1 aromatic rings. The molecule has 0 amide bonds. The van der Waals surface area contributed by atoms with Gasteiger partial charge in [-0.1, -0.05) is 18.2 Å². The highest BCUT2D eigenvalue weighted by Gasteiger charge is 2.60. The van der Waals surface area contributed by atoms with Gasteiger partial charge in [0.1, 0.15) is 0 Å². The quantitative estimate of drug-likeness (QED) is 0.749. The first-order valence-corrected chi connectivity index (χ1v) is 9.46. The maximum atomic E-state index is 13.2. The highest BCUT2D eigenvalue weighted by molar-refractivity contribution is 7.80. The zero-order chi connectivity index (χ0) is 15.4. The third kappa shape index (κ3) is 3.06. The van der Waals surface area contributed by atoms with E-state index in [1.807, 2.05) is 0 Å². The van der Waals surface area contributed by atoms with Crippen LogP contribution in [0.15, 0.2) is 30.3 Å². The minimum atomic E-state index is -4.83. The van der Waals surface area contributed by atoms with E-state index in [9.17, 15) is 18.9 Å². The van der Waals surface area contributed by atoms with Gasteiger partial charge < -0.3 is 19.0 Å². The maximum Gasteiger partial charge on any atom is 0.367 e. The standard InChI is InChI=1S/C12H20O6P2/c1-4-17-12(3,20(14,15)16)19(13,18-5-2)11-9-7-6-8-10-11/h6-10H,4-5H2,1-3H3,(H2,14,15,16). The van der Waals surface area contributed by atoms with E-state index in [1.54, 1.807) is 32.0 Å². The molecule has 0 bridgehead atoms. The van der Waals surface area contributed by atoms with Gasteiger partial charge in [0, 0.05) is 11.9 Å². The Hall–Kier alpha value is -0.480. The molecule has 0 saturated heterocycles. The van der Waals surface area contributed by atoms with Crippen molar-refractivity contribution in [2.75, 3.05) is 13.2 Å². The van der Waals surface area contributed by atoms with Gasteiger partial charge in [-0.3, -0.25) is 9.13 Å². The summed E-state index contributed by atoms with van der Waals surface area (Å²) in [7, 11) is -8.75. The third-order valence-corrected chi connectivity index (χ3v) is 8.51. The lowest BCUT2D eigenvalue weighted by Crippen LogP contribution is -2.34. The molecular formula is C12H20O6P2. The normalized spacial score (nSPS) is 18.2. The molecule has 0 heterocycles. The van der Waals surface area contributed by atoms with Gasteiger partial charge in [-0.25, -0.2) is 0 Å². The van der Waals surface area contributed by atoms with E-state index in [-0.39, 0.29) is 18.5 Å². The maximum absolute atomic E-state index is 13.2. The molecule has 0 aromatic heterocycles. The molecule has 8 heteroatoms. The monoisotopic (exact) mass is 322 g/mol. The van der Waals surface area contributed by atoms with E-state index in [0.29, 0.717) is 0 Å². The second-order valence-electron chi connectivity index (χ2n) is 4.22. The molecule has 114 valence electrons. The minimum Gasteiger partial charge on any atom is -0.354 e. The highest BCUT2D eigenvalue weighted by atomic mass is 31.2. The summed E-state index contributed by atoms with van der Waals surface area (Å²) in [5.41, 5.74) is 0. The Labute approximate surface area is 118 Å². The van der Waals surface area contributed by atoms with Crippen LogP contribution in [0.1, 0.15) is 20.8 Å². The summed E-state index contributed by atoms with van der Waals surface area (Å²) >= 11 is 0. The summed E-state index contributed by atoms with van der Waals surface area (Å²) in [5.74, 6) is 0. The number of ether oxygens (including phenoxy) is 1. The molecule has 2 N–H and O–H groups in total. The second-order valence-corrected chi connectivity index (χ2v) is 9.24. The van der Waals surface area contributed by atoms with Gasteiger partial charge in [-0.15, -0.1) is 0 Å². The van der Waals surface area contributed by atoms with Gasteiger partial charge in [0.15, 0.2) is 0 Å². The Bertz CT molecular complexity index is 526. The van der Waals surface area contributed by atoms with E-state index in [0.717, 1.165) is 6.92 Å². The zero-order valence-electron chi connectivity index (χ0n) is 11.7. The molecule has 1 aromatic carbocycles. The van der Waals surface area contributed by atoms with Crippen molar-refractivity contribution in [2.24, 2.45) is 0 Å². The molecule has 20 heavy (non-hydrogen) atoms. The summed E-state index contributed by atoms with van der Waals surface area (Å²) in [6, 6.07) is 8.02. The highest BCUT2D eigenvalue weighted by Crippen LogP contribution is 2.72. The first-order valence-electron chi connectivity index (χ1n) is 6.22. The summed E-state index contributed by atoms with van der Waals surface area (Å²) < 4.78 is 35.6.